The number of anilines is 1. The molecular weight excluding hydrogens is 505 g/mol. The summed E-state index contributed by atoms with van der Waals surface area (Å²) in [4.78, 5) is 11.6. The van der Waals surface area contributed by atoms with Gasteiger partial charge in [-0.3, -0.25) is 4.79 Å². The van der Waals surface area contributed by atoms with Crippen LogP contribution < -0.4 is 5.32 Å². The molecule has 0 spiro atoms. The predicted molar refractivity (Wildman–Crippen MR) is 108 cm³/mol. The van der Waals surface area contributed by atoms with E-state index in [-0.39, 0.29) is 36.1 Å². The number of sulfonamides is 1. The van der Waals surface area contributed by atoms with Crippen LogP contribution in [0.4, 0.5) is 18.9 Å². The summed E-state index contributed by atoms with van der Waals surface area (Å²) in [6, 6.07) is 4.40. The number of benzene rings is 2. The molecule has 2 aromatic carbocycles. The second-order valence-corrected chi connectivity index (χ2v) is 9.89. The first-order chi connectivity index (χ1) is 14.5. The molecule has 1 heterocycles. The lowest BCUT2D eigenvalue weighted by atomic mass is 9.94. The normalized spacial score (nSPS) is 16.8. The quantitative estimate of drug-likeness (QED) is 0.559. The Balaban J connectivity index is 1.90. The van der Waals surface area contributed by atoms with Crippen LogP contribution in [0.25, 0.3) is 0 Å². The van der Waals surface area contributed by atoms with Crippen molar-refractivity contribution in [1.82, 2.24) is 4.31 Å². The van der Waals surface area contributed by atoms with Gasteiger partial charge in [0.1, 0.15) is 22.3 Å². The number of nitrogens with zero attached hydrogens (tertiary/aromatic N) is 1. The van der Waals surface area contributed by atoms with Crippen molar-refractivity contribution in [1.29, 1.82) is 0 Å². The molecule has 1 aliphatic heterocycles. The molecule has 3 rings (SSSR count). The fourth-order valence-corrected chi connectivity index (χ4v) is 5.01. The number of amides is 1. The lowest BCUT2D eigenvalue weighted by molar-refractivity contribution is -0.0480. The first kappa shape index (κ1) is 23.7. The van der Waals surface area contributed by atoms with Crippen LogP contribution >= 0.6 is 15.9 Å². The molecule has 3 N–H and O–H groups in total. The van der Waals surface area contributed by atoms with Crippen LogP contribution in [0.1, 0.15) is 23.2 Å². The second-order valence-electron chi connectivity index (χ2n) is 7.13. The lowest BCUT2D eigenvalue weighted by Crippen LogP contribution is -2.48. The van der Waals surface area contributed by atoms with E-state index in [1.54, 1.807) is 0 Å². The van der Waals surface area contributed by atoms with Crippen LogP contribution in [0.3, 0.4) is 0 Å². The minimum absolute atomic E-state index is 0.0427. The molecule has 0 radical (unpaired) electrons. The highest BCUT2D eigenvalue weighted by molar-refractivity contribution is 9.10. The van der Waals surface area contributed by atoms with Gasteiger partial charge in [-0.05, 0) is 53.0 Å². The molecule has 0 aromatic heterocycles. The fourth-order valence-electron chi connectivity index (χ4n) is 3.11. The number of hydrogen-bond donors (Lipinski definition) is 3. The van der Waals surface area contributed by atoms with Gasteiger partial charge in [-0.15, -0.1) is 0 Å². The van der Waals surface area contributed by atoms with Crippen LogP contribution in [0.2, 0.25) is 0 Å². The Bertz CT molecular complexity index is 1120. The minimum Gasteiger partial charge on any atom is -0.393 e. The van der Waals surface area contributed by atoms with Crippen molar-refractivity contribution in [2.75, 3.05) is 25.0 Å². The minimum atomic E-state index is -4.45. The molecule has 0 saturated carbocycles. The van der Waals surface area contributed by atoms with E-state index >= 15 is 0 Å². The van der Waals surface area contributed by atoms with Gasteiger partial charge < -0.3 is 15.5 Å². The third-order valence-corrected chi connectivity index (χ3v) is 7.53. The Morgan fingerprint density at radius 1 is 1.10 bits per heavy atom. The number of aliphatic hydroxyl groups is 2. The maximum absolute atomic E-state index is 14.4. The largest absolute Gasteiger partial charge is 0.393 e. The van der Waals surface area contributed by atoms with Crippen molar-refractivity contribution < 1.29 is 36.6 Å². The maximum Gasteiger partial charge on any atom is 0.258 e. The van der Waals surface area contributed by atoms with Crippen LogP contribution in [-0.4, -0.2) is 54.1 Å². The summed E-state index contributed by atoms with van der Waals surface area (Å²) < 4.78 is 68.7. The zero-order valence-electron chi connectivity index (χ0n) is 15.9. The highest BCUT2D eigenvalue weighted by Gasteiger charge is 2.38. The summed E-state index contributed by atoms with van der Waals surface area (Å²) in [5, 5.41) is 21.5. The van der Waals surface area contributed by atoms with Gasteiger partial charge in [0.25, 0.3) is 5.91 Å². The number of piperidine rings is 1. The molecular formula is C19H18BrF3N2O5S. The smallest absolute Gasteiger partial charge is 0.258 e. The van der Waals surface area contributed by atoms with Gasteiger partial charge in [0.2, 0.25) is 10.0 Å². The average molecular weight is 523 g/mol. The summed E-state index contributed by atoms with van der Waals surface area (Å²) in [6.45, 7) is -0.932. The Hall–Kier alpha value is -1.99. The van der Waals surface area contributed by atoms with Crippen molar-refractivity contribution in [2.45, 2.75) is 23.3 Å². The summed E-state index contributed by atoms with van der Waals surface area (Å²) in [5.41, 5.74) is -2.04. The first-order valence-corrected chi connectivity index (χ1v) is 11.3. The number of carbonyl (C=O) groups is 1. The Morgan fingerprint density at radius 2 is 1.74 bits per heavy atom. The van der Waals surface area contributed by atoms with Crippen molar-refractivity contribution >= 4 is 37.5 Å². The molecule has 12 heteroatoms. The third kappa shape index (κ3) is 4.93. The van der Waals surface area contributed by atoms with E-state index in [2.05, 4.69) is 21.2 Å². The van der Waals surface area contributed by atoms with E-state index in [4.69, 9.17) is 0 Å². The van der Waals surface area contributed by atoms with E-state index in [1.807, 2.05) is 0 Å². The van der Waals surface area contributed by atoms with Crippen LogP contribution in [0, 0.1) is 17.5 Å². The zero-order chi connectivity index (χ0) is 23.0. The van der Waals surface area contributed by atoms with Gasteiger partial charge in [0, 0.05) is 24.8 Å². The molecule has 1 amide bonds. The van der Waals surface area contributed by atoms with Crippen LogP contribution in [0.5, 0.6) is 0 Å². The molecule has 31 heavy (non-hydrogen) atoms. The molecule has 0 bridgehead atoms. The highest BCUT2D eigenvalue weighted by atomic mass is 79.9. The monoisotopic (exact) mass is 522 g/mol. The van der Waals surface area contributed by atoms with Crippen molar-refractivity contribution in [3.05, 3.63) is 57.8 Å². The standard InChI is InChI=1S/C19H18BrF3N2O5S/c20-13-7-11(1-2-14(13)21)24-18(27)12-8-17(16(23)9-15(12)22)31(29,30)25-5-3-19(28,10-26)4-6-25/h1-2,7-9,26,28H,3-6,10H2,(H,24,27). The Kier molecular flexibility index (Phi) is 6.77. The molecule has 1 aliphatic rings. The maximum atomic E-state index is 14.4. The van der Waals surface area contributed by atoms with E-state index in [0.29, 0.717) is 12.1 Å². The van der Waals surface area contributed by atoms with Crippen molar-refractivity contribution in [2.24, 2.45) is 0 Å². The number of rotatable bonds is 5. The van der Waals surface area contributed by atoms with Gasteiger partial charge in [0.15, 0.2) is 0 Å². The Labute approximate surface area is 184 Å². The number of aliphatic hydroxyl groups excluding tert-OH is 1. The molecule has 0 atom stereocenters. The summed E-state index contributed by atoms with van der Waals surface area (Å²) in [5.74, 6) is -4.29. The van der Waals surface area contributed by atoms with Crippen molar-refractivity contribution in [3.8, 4) is 0 Å². The summed E-state index contributed by atoms with van der Waals surface area (Å²) in [6.07, 6.45) is -0.142. The SMILES string of the molecule is O=C(Nc1ccc(F)c(Br)c1)c1cc(S(=O)(=O)N2CCC(O)(CO)CC2)c(F)cc1F. The van der Waals surface area contributed by atoms with E-state index in [1.165, 1.54) is 12.1 Å². The molecule has 1 fully saturated rings. The highest BCUT2D eigenvalue weighted by Crippen LogP contribution is 2.29. The lowest BCUT2D eigenvalue weighted by Gasteiger charge is -2.36. The predicted octanol–water partition coefficient (Wildman–Crippen LogP) is 2.63. The van der Waals surface area contributed by atoms with Crippen molar-refractivity contribution in [3.63, 3.8) is 0 Å². The summed E-state index contributed by atoms with van der Waals surface area (Å²) >= 11 is 2.94. The van der Waals surface area contributed by atoms with Gasteiger partial charge in [0.05, 0.1) is 22.2 Å². The number of carbonyl (C=O) groups excluding carboxylic acids is 1. The third-order valence-electron chi connectivity index (χ3n) is 5.01. The van der Waals surface area contributed by atoms with Gasteiger partial charge in [-0.25, -0.2) is 21.6 Å². The van der Waals surface area contributed by atoms with E-state index < -0.39 is 56.0 Å². The molecule has 0 aliphatic carbocycles. The molecule has 168 valence electrons. The zero-order valence-corrected chi connectivity index (χ0v) is 18.3. The van der Waals surface area contributed by atoms with Crippen LogP contribution in [0.15, 0.2) is 39.7 Å². The number of nitrogens with one attached hydrogen (secondary N) is 1. The second kappa shape index (κ2) is 8.87. The molecule has 0 unspecified atom stereocenters. The average Bonchev–Trinajstić information content (AvgIpc) is 2.71. The molecule has 2 aromatic rings. The van der Waals surface area contributed by atoms with Gasteiger partial charge >= 0.3 is 0 Å². The number of halogens is 4. The van der Waals surface area contributed by atoms with Crippen LogP contribution in [-0.2, 0) is 10.0 Å². The Morgan fingerprint density at radius 3 is 2.32 bits per heavy atom. The topological polar surface area (TPSA) is 107 Å². The number of hydrogen-bond acceptors (Lipinski definition) is 5. The summed E-state index contributed by atoms with van der Waals surface area (Å²) in [7, 11) is -4.45. The first-order valence-electron chi connectivity index (χ1n) is 9.06. The van der Waals surface area contributed by atoms with Gasteiger partial charge in [-0.1, -0.05) is 0 Å². The molecule has 7 nitrogen and oxygen atoms in total. The van der Waals surface area contributed by atoms with E-state index in [0.717, 1.165) is 10.4 Å². The molecule has 1 saturated heterocycles. The fraction of sp³-hybridized carbons (Fsp3) is 0.316. The van der Waals surface area contributed by atoms with E-state index in [9.17, 15) is 36.6 Å². The van der Waals surface area contributed by atoms with Gasteiger partial charge in [-0.2, -0.15) is 4.31 Å².